The van der Waals surface area contributed by atoms with Crippen LogP contribution in [0.4, 0.5) is 5.95 Å². The van der Waals surface area contributed by atoms with Crippen molar-refractivity contribution < 1.29 is 4.74 Å². The van der Waals surface area contributed by atoms with Crippen LogP contribution in [0.25, 0.3) is 0 Å². The third-order valence-corrected chi connectivity index (χ3v) is 4.61. The number of aromatic nitrogens is 2. The summed E-state index contributed by atoms with van der Waals surface area (Å²) < 4.78 is 5.65. The number of rotatable bonds is 6. The number of hydrogen-bond acceptors (Lipinski definition) is 5. The molecule has 0 radical (unpaired) electrons. The lowest BCUT2D eigenvalue weighted by Gasteiger charge is -2.36. The van der Waals surface area contributed by atoms with Gasteiger partial charge in [0.1, 0.15) is 6.10 Å². The standard InChI is InChI=1S/C20H28N6O/c1-3-21-19(24-16-18(27-2)17-8-5-4-6-9-17)25-12-14-26(15-13-25)20-22-10-7-11-23-20/h4-11,18H,3,12-16H2,1-2H3,(H,21,24). The van der Waals surface area contributed by atoms with E-state index in [-0.39, 0.29) is 6.10 Å². The Morgan fingerprint density at radius 1 is 1.11 bits per heavy atom. The Bertz CT molecular complexity index is 701. The first-order valence-electron chi connectivity index (χ1n) is 9.44. The molecular formula is C20H28N6O. The van der Waals surface area contributed by atoms with Crippen molar-refractivity contribution in [2.45, 2.75) is 13.0 Å². The van der Waals surface area contributed by atoms with Crippen LogP contribution in [-0.2, 0) is 4.74 Å². The highest BCUT2D eigenvalue weighted by Crippen LogP contribution is 2.17. The number of nitrogens with zero attached hydrogens (tertiary/aromatic N) is 5. The minimum Gasteiger partial charge on any atom is -0.375 e. The second kappa shape index (κ2) is 9.87. The maximum Gasteiger partial charge on any atom is 0.225 e. The molecule has 3 rings (SSSR count). The minimum atomic E-state index is -0.0427. The molecule has 1 aliphatic rings. The Morgan fingerprint density at radius 2 is 1.81 bits per heavy atom. The Balaban J connectivity index is 1.62. The van der Waals surface area contributed by atoms with Crippen LogP contribution >= 0.6 is 0 Å². The number of anilines is 1. The molecule has 0 spiro atoms. The van der Waals surface area contributed by atoms with Gasteiger partial charge in [-0.2, -0.15) is 0 Å². The second-order valence-electron chi connectivity index (χ2n) is 6.35. The average molecular weight is 368 g/mol. The molecule has 1 aromatic heterocycles. The molecule has 27 heavy (non-hydrogen) atoms. The van der Waals surface area contributed by atoms with Crippen LogP contribution in [0.1, 0.15) is 18.6 Å². The summed E-state index contributed by atoms with van der Waals surface area (Å²) in [5, 5.41) is 3.41. The molecule has 1 saturated heterocycles. The number of hydrogen-bond donors (Lipinski definition) is 1. The molecule has 1 aliphatic heterocycles. The monoisotopic (exact) mass is 368 g/mol. The number of benzene rings is 1. The van der Waals surface area contributed by atoms with Gasteiger partial charge in [0.15, 0.2) is 5.96 Å². The van der Waals surface area contributed by atoms with Gasteiger partial charge < -0.3 is 19.9 Å². The molecule has 0 aliphatic carbocycles. The maximum absolute atomic E-state index is 5.65. The van der Waals surface area contributed by atoms with Gasteiger partial charge in [0.25, 0.3) is 0 Å². The summed E-state index contributed by atoms with van der Waals surface area (Å²) in [5.74, 6) is 1.73. The zero-order chi connectivity index (χ0) is 18.9. The van der Waals surface area contributed by atoms with E-state index in [2.05, 4.69) is 44.1 Å². The Hall–Kier alpha value is -2.67. The Labute approximate surface area is 161 Å². The first kappa shape index (κ1) is 19.1. The van der Waals surface area contributed by atoms with Gasteiger partial charge in [-0.25, -0.2) is 9.97 Å². The molecule has 1 fully saturated rings. The highest BCUT2D eigenvalue weighted by atomic mass is 16.5. The molecular weight excluding hydrogens is 340 g/mol. The van der Waals surface area contributed by atoms with Crippen molar-refractivity contribution in [3.8, 4) is 0 Å². The van der Waals surface area contributed by atoms with E-state index in [0.717, 1.165) is 50.2 Å². The van der Waals surface area contributed by atoms with E-state index in [1.807, 2.05) is 24.3 Å². The first-order valence-corrected chi connectivity index (χ1v) is 9.44. The van der Waals surface area contributed by atoms with Crippen LogP contribution in [0.15, 0.2) is 53.8 Å². The van der Waals surface area contributed by atoms with Gasteiger partial charge in [-0.1, -0.05) is 30.3 Å². The Morgan fingerprint density at radius 3 is 2.44 bits per heavy atom. The van der Waals surface area contributed by atoms with Gasteiger partial charge in [-0.15, -0.1) is 0 Å². The summed E-state index contributed by atoms with van der Waals surface area (Å²) in [7, 11) is 1.73. The van der Waals surface area contributed by atoms with Gasteiger partial charge in [-0.05, 0) is 18.6 Å². The zero-order valence-corrected chi connectivity index (χ0v) is 16.1. The van der Waals surface area contributed by atoms with Gasteiger partial charge in [0.2, 0.25) is 5.95 Å². The molecule has 1 atom stereocenters. The fourth-order valence-corrected chi connectivity index (χ4v) is 3.15. The van der Waals surface area contributed by atoms with Crippen molar-refractivity contribution in [3.63, 3.8) is 0 Å². The van der Waals surface area contributed by atoms with E-state index in [1.54, 1.807) is 19.5 Å². The van der Waals surface area contributed by atoms with Crippen LogP contribution < -0.4 is 10.2 Å². The molecule has 1 N–H and O–H groups in total. The number of piperazine rings is 1. The van der Waals surface area contributed by atoms with Gasteiger partial charge in [0.05, 0.1) is 6.54 Å². The van der Waals surface area contributed by atoms with Crippen molar-refractivity contribution >= 4 is 11.9 Å². The SMILES string of the molecule is CCNC(=NCC(OC)c1ccccc1)N1CCN(c2ncccn2)CC1. The second-order valence-corrected chi connectivity index (χ2v) is 6.35. The highest BCUT2D eigenvalue weighted by molar-refractivity contribution is 5.80. The normalized spacial score (nSPS) is 16.3. The largest absolute Gasteiger partial charge is 0.375 e. The molecule has 0 bridgehead atoms. The van der Waals surface area contributed by atoms with Crippen LogP contribution in [0.3, 0.4) is 0 Å². The minimum absolute atomic E-state index is 0.0427. The van der Waals surface area contributed by atoms with Gasteiger partial charge in [0, 0.05) is 52.2 Å². The van der Waals surface area contributed by atoms with Crippen molar-refractivity contribution in [3.05, 3.63) is 54.4 Å². The fraction of sp³-hybridized carbons (Fsp3) is 0.450. The summed E-state index contributed by atoms with van der Waals surface area (Å²) in [6.07, 6.45) is 3.53. The zero-order valence-electron chi connectivity index (χ0n) is 16.1. The summed E-state index contributed by atoms with van der Waals surface area (Å²) >= 11 is 0. The topological polar surface area (TPSA) is 65.9 Å². The number of methoxy groups -OCH3 is 1. The van der Waals surface area contributed by atoms with Crippen molar-refractivity contribution in [1.82, 2.24) is 20.2 Å². The molecule has 0 saturated carbocycles. The van der Waals surface area contributed by atoms with Crippen molar-refractivity contribution in [2.75, 3.05) is 51.3 Å². The molecule has 1 unspecified atom stereocenters. The van der Waals surface area contributed by atoms with Gasteiger partial charge >= 0.3 is 0 Å². The van der Waals surface area contributed by atoms with E-state index in [1.165, 1.54) is 0 Å². The summed E-state index contributed by atoms with van der Waals surface area (Å²) in [4.78, 5) is 18.0. The van der Waals surface area contributed by atoms with Crippen LogP contribution in [0.5, 0.6) is 0 Å². The Kier molecular flexibility index (Phi) is 6.98. The number of aliphatic imine (C=N–C) groups is 1. The lowest BCUT2D eigenvalue weighted by atomic mass is 10.1. The summed E-state index contributed by atoms with van der Waals surface area (Å²) in [6, 6.07) is 12.1. The van der Waals surface area contributed by atoms with Crippen LogP contribution in [0.2, 0.25) is 0 Å². The smallest absolute Gasteiger partial charge is 0.225 e. The average Bonchev–Trinajstić information content (AvgIpc) is 2.75. The molecule has 144 valence electrons. The molecule has 2 heterocycles. The van der Waals surface area contributed by atoms with Crippen LogP contribution in [0, 0.1) is 0 Å². The van der Waals surface area contributed by atoms with Crippen molar-refractivity contribution in [1.29, 1.82) is 0 Å². The van der Waals surface area contributed by atoms with E-state index < -0.39 is 0 Å². The highest BCUT2D eigenvalue weighted by Gasteiger charge is 2.21. The van der Waals surface area contributed by atoms with Crippen LogP contribution in [-0.4, -0.2) is 67.2 Å². The van der Waals surface area contributed by atoms with E-state index in [9.17, 15) is 0 Å². The van der Waals surface area contributed by atoms with E-state index >= 15 is 0 Å². The molecule has 2 aromatic rings. The number of nitrogens with one attached hydrogen (secondary N) is 1. The van der Waals surface area contributed by atoms with Gasteiger partial charge in [-0.3, -0.25) is 4.99 Å². The third kappa shape index (κ3) is 5.17. The summed E-state index contributed by atoms with van der Waals surface area (Å²) in [5.41, 5.74) is 1.14. The van der Waals surface area contributed by atoms with E-state index in [0.29, 0.717) is 6.54 Å². The van der Waals surface area contributed by atoms with E-state index in [4.69, 9.17) is 9.73 Å². The number of guanidine groups is 1. The maximum atomic E-state index is 5.65. The molecule has 0 amide bonds. The predicted molar refractivity (Wildman–Crippen MR) is 108 cm³/mol. The quantitative estimate of drug-likeness (QED) is 0.621. The molecule has 1 aromatic carbocycles. The molecule has 7 heteroatoms. The third-order valence-electron chi connectivity index (χ3n) is 4.61. The number of ether oxygens (including phenoxy) is 1. The summed E-state index contributed by atoms with van der Waals surface area (Å²) in [6.45, 7) is 7.03. The van der Waals surface area contributed by atoms with Crippen molar-refractivity contribution in [2.24, 2.45) is 4.99 Å². The molecule has 7 nitrogen and oxygen atoms in total. The lowest BCUT2D eigenvalue weighted by Crippen LogP contribution is -2.53. The first-order chi connectivity index (χ1) is 13.3. The predicted octanol–water partition coefficient (Wildman–Crippen LogP) is 1.95. The lowest BCUT2D eigenvalue weighted by molar-refractivity contribution is 0.110. The fourth-order valence-electron chi connectivity index (χ4n) is 3.15.